The summed E-state index contributed by atoms with van der Waals surface area (Å²) in [6.45, 7) is 1.82. The number of halogens is 1. The molecule has 110 valence electrons. The lowest BCUT2D eigenvalue weighted by Gasteiger charge is -2.10. The van der Waals surface area contributed by atoms with E-state index < -0.39 is 16.1 Å². The Morgan fingerprint density at radius 1 is 1.14 bits per heavy atom. The molecule has 7 heteroatoms. The summed E-state index contributed by atoms with van der Waals surface area (Å²) in [5, 5.41) is 9.23. The van der Waals surface area contributed by atoms with Crippen molar-refractivity contribution in [2.24, 2.45) is 0 Å². The second kappa shape index (κ2) is 5.75. The van der Waals surface area contributed by atoms with Crippen molar-refractivity contribution in [2.75, 3.05) is 0 Å². The Kier molecular flexibility index (Phi) is 4.20. The Hall–Kier alpha value is -2.05. The molecule has 0 aliphatic heterocycles. The van der Waals surface area contributed by atoms with Crippen molar-refractivity contribution in [1.82, 2.24) is 0 Å². The summed E-state index contributed by atoms with van der Waals surface area (Å²) >= 11 is 5.70. The first-order valence-corrected chi connectivity index (χ1v) is 7.62. The second-order valence-electron chi connectivity index (χ2n) is 4.30. The summed E-state index contributed by atoms with van der Waals surface area (Å²) in [6.07, 6.45) is 0. The van der Waals surface area contributed by atoms with E-state index in [0.29, 0.717) is 0 Å². The van der Waals surface area contributed by atoms with Gasteiger partial charge in [0.1, 0.15) is 10.5 Å². The van der Waals surface area contributed by atoms with Crippen molar-refractivity contribution in [3.63, 3.8) is 0 Å². The van der Waals surface area contributed by atoms with E-state index in [1.807, 2.05) is 6.92 Å². The van der Waals surface area contributed by atoms with Crippen molar-refractivity contribution in [1.29, 1.82) is 0 Å². The molecular weight excluding hydrogens is 316 g/mol. The van der Waals surface area contributed by atoms with Crippen LogP contribution in [0.1, 0.15) is 15.9 Å². The van der Waals surface area contributed by atoms with Crippen LogP contribution in [0.2, 0.25) is 5.02 Å². The maximum absolute atomic E-state index is 12.1. The van der Waals surface area contributed by atoms with Gasteiger partial charge in [0.2, 0.25) is 0 Å². The largest absolute Gasteiger partial charge is 0.478 e. The van der Waals surface area contributed by atoms with Crippen molar-refractivity contribution >= 4 is 27.7 Å². The van der Waals surface area contributed by atoms with Gasteiger partial charge in [0, 0.05) is 5.02 Å². The van der Waals surface area contributed by atoms with Gasteiger partial charge in [-0.3, -0.25) is 0 Å². The van der Waals surface area contributed by atoms with Gasteiger partial charge in [0.15, 0.2) is 5.75 Å². The van der Waals surface area contributed by atoms with Gasteiger partial charge in [-0.25, -0.2) is 4.79 Å². The summed E-state index contributed by atoms with van der Waals surface area (Å²) in [5.41, 5.74) is 0.574. The number of aryl methyl sites for hydroxylation is 1. The first-order valence-electron chi connectivity index (χ1n) is 5.83. The van der Waals surface area contributed by atoms with E-state index in [9.17, 15) is 13.2 Å². The van der Waals surface area contributed by atoms with Crippen molar-refractivity contribution in [2.45, 2.75) is 11.8 Å². The topological polar surface area (TPSA) is 80.7 Å². The predicted octanol–water partition coefficient (Wildman–Crippen LogP) is 3.11. The number of hydrogen-bond acceptors (Lipinski definition) is 4. The van der Waals surface area contributed by atoms with Crippen molar-refractivity contribution in [3.05, 3.63) is 58.6 Å². The third kappa shape index (κ3) is 3.53. The summed E-state index contributed by atoms with van der Waals surface area (Å²) in [6, 6.07) is 9.71. The van der Waals surface area contributed by atoms with Crippen LogP contribution in [0.3, 0.4) is 0 Å². The predicted molar refractivity (Wildman–Crippen MR) is 77.4 cm³/mol. The van der Waals surface area contributed by atoms with Crippen LogP contribution >= 0.6 is 11.6 Å². The third-order valence-corrected chi connectivity index (χ3v) is 4.16. The summed E-state index contributed by atoms with van der Waals surface area (Å²) in [4.78, 5) is 11.1. The van der Waals surface area contributed by atoms with Crippen LogP contribution < -0.4 is 4.18 Å². The van der Waals surface area contributed by atoms with E-state index in [1.54, 1.807) is 12.1 Å². The average Bonchev–Trinajstić information content (AvgIpc) is 2.41. The highest BCUT2D eigenvalue weighted by Crippen LogP contribution is 2.26. The van der Waals surface area contributed by atoms with Gasteiger partial charge >= 0.3 is 16.1 Å². The minimum Gasteiger partial charge on any atom is -0.478 e. The Bertz CT molecular complexity index is 782. The Balaban J connectivity index is 2.41. The minimum absolute atomic E-state index is 0.0561. The fraction of sp³-hybridized carbons (Fsp3) is 0.0714. The highest BCUT2D eigenvalue weighted by atomic mass is 35.5. The van der Waals surface area contributed by atoms with Crippen molar-refractivity contribution in [3.8, 4) is 5.75 Å². The molecule has 0 aliphatic carbocycles. The van der Waals surface area contributed by atoms with Crippen LogP contribution in [0.5, 0.6) is 5.75 Å². The zero-order chi connectivity index (χ0) is 15.6. The Labute approximate surface area is 126 Å². The van der Waals surface area contributed by atoms with Crippen LogP contribution in [0.25, 0.3) is 0 Å². The molecule has 0 fully saturated rings. The summed E-state index contributed by atoms with van der Waals surface area (Å²) in [7, 11) is -4.11. The zero-order valence-electron chi connectivity index (χ0n) is 10.9. The van der Waals surface area contributed by atoms with E-state index in [1.165, 1.54) is 24.3 Å². The van der Waals surface area contributed by atoms with Gasteiger partial charge in [-0.2, -0.15) is 8.42 Å². The standard InChI is InChI=1S/C14H11ClO5S/c1-9-2-5-11(6-3-9)21(18,19)20-13-7-4-10(15)8-12(13)14(16)17/h2-8H,1H3,(H,16,17). The number of carboxylic acids is 1. The van der Waals surface area contributed by atoms with Gasteiger partial charge in [0.05, 0.1) is 0 Å². The molecule has 0 unspecified atom stereocenters. The molecule has 0 atom stereocenters. The molecule has 21 heavy (non-hydrogen) atoms. The lowest BCUT2D eigenvalue weighted by Crippen LogP contribution is -2.12. The number of hydrogen-bond donors (Lipinski definition) is 1. The maximum Gasteiger partial charge on any atom is 0.339 e. The fourth-order valence-corrected chi connectivity index (χ4v) is 2.73. The third-order valence-electron chi connectivity index (χ3n) is 2.68. The number of benzene rings is 2. The van der Waals surface area contributed by atoms with E-state index in [2.05, 4.69) is 0 Å². The molecule has 2 rings (SSSR count). The average molecular weight is 327 g/mol. The van der Waals surface area contributed by atoms with E-state index in [4.69, 9.17) is 20.9 Å². The Morgan fingerprint density at radius 3 is 2.33 bits per heavy atom. The molecule has 0 amide bonds. The second-order valence-corrected chi connectivity index (χ2v) is 6.28. The SMILES string of the molecule is Cc1ccc(S(=O)(=O)Oc2ccc(Cl)cc2C(=O)O)cc1. The van der Waals surface area contributed by atoms with E-state index in [-0.39, 0.29) is 21.2 Å². The van der Waals surface area contributed by atoms with E-state index >= 15 is 0 Å². The molecule has 0 aromatic heterocycles. The normalized spacial score (nSPS) is 11.1. The number of carboxylic acid groups (broad SMARTS) is 1. The molecule has 5 nitrogen and oxygen atoms in total. The lowest BCUT2D eigenvalue weighted by atomic mass is 10.2. The molecule has 0 spiro atoms. The minimum atomic E-state index is -4.11. The smallest absolute Gasteiger partial charge is 0.339 e. The van der Waals surface area contributed by atoms with Crippen molar-refractivity contribution < 1.29 is 22.5 Å². The molecule has 2 aromatic rings. The van der Waals surface area contributed by atoms with Crippen LogP contribution in [0.15, 0.2) is 47.4 Å². The summed E-state index contributed by atoms with van der Waals surface area (Å²) in [5.74, 6) is -1.61. The molecular formula is C14H11ClO5S. The van der Waals surface area contributed by atoms with Crippen LogP contribution in [-0.2, 0) is 10.1 Å². The quantitative estimate of drug-likeness (QED) is 0.873. The molecule has 0 saturated carbocycles. The highest BCUT2D eigenvalue weighted by molar-refractivity contribution is 7.87. The molecule has 0 saturated heterocycles. The number of aromatic carboxylic acids is 1. The first-order chi connectivity index (χ1) is 9.79. The maximum atomic E-state index is 12.1. The van der Waals surface area contributed by atoms with Crippen LogP contribution in [0.4, 0.5) is 0 Å². The molecule has 0 aliphatic rings. The Morgan fingerprint density at radius 2 is 1.76 bits per heavy atom. The van der Waals surface area contributed by atoms with Crippen LogP contribution in [-0.4, -0.2) is 19.5 Å². The lowest BCUT2D eigenvalue weighted by molar-refractivity contribution is 0.0695. The molecule has 1 N–H and O–H groups in total. The van der Waals surface area contributed by atoms with Gasteiger partial charge < -0.3 is 9.29 Å². The number of carbonyl (C=O) groups is 1. The van der Waals surface area contributed by atoms with Gasteiger partial charge in [-0.1, -0.05) is 29.3 Å². The molecule has 0 bridgehead atoms. The monoisotopic (exact) mass is 326 g/mol. The molecule has 0 radical (unpaired) electrons. The van der Waals surface area contributed by atoms with Gasteiger partial charge in [-0.05, 0) is 37.3 Å². The highest BCUT2D eigenvalue weighted by Gasteiger charge is 2.21. The molecule has 0 heterocycles. The fourth-order valence-electron chi connectivity index (χ4n) is 1.61. The van der Waals surface area contributed by atoms with Gasteiger partial charge in [0.25, 0.3) is 0 Å². The van der Waals surface area contributed by atoms with Gasteiger partial charge in [-0.15, -0.1) is 0 Å². The molecule has 2 aromatic carbocycles. The number of rotatable bonds is 4. The zero-order valence-corrected chi connectivity index (χ0v) is 12.5. The summed E-state index contributed by atoms with van der Waals surface area (Å²) < 4.78 is 29.2. The van der Waals surface area contributed by atoms with Crippen LogP contribution in [0, 0.1) is 6.92 Å². The van der Waals surface area contributed by atoms with E-state index in [0.717, 1.165) is 11.6 Å². The first kappa shape index (κ1) is 15.3.